The van der Waals surface area contributed by atoms with Gasteiger partial charge in [0.1, 0.15) is 10.5 Å². The van der Waals surface area contributed by atoms with E-state index in [-0.39, 0.29) is 5.56 Å². The number of nitrogens with zero attached hydrogens (tertiary/aromatic N) is 2. The summed E-state index contributed by atoms with van der Waals surface area (Å²) in [6, 6.07) is 3.22. The molecule has 0 aliphatic carbocycles. The highest BCUT2D eigenvalue weighted by Crippen LogP contribution is 2.21. The molecule has 2 atom stereocenters. The number of hydrogen-bond donors (Lipinski definition) is 2. The van der Waals surface area contributed by atoms with E-state index >= 15 is 0 Å². The van der Waals surface area contributed by atoms with Crippen molar-refractivity contribution in [3.8, 4) is 0 Å². The van der Waals surface area contributed by atoms with Crippen LogP contribution >= 0.6 is 11.3 Å². The van der Waals surface area contributed by atoms with Crippen LogP contribution in [0.2, 0.25) is 0 Å². The molecule has 2 aromatic heterocycles. The summed E-state index contributed by atoms with van der Waals surface area (Å²) in [6.45, 7) is 2.88. The number of aromatic nitrogens is 2. The lowest BCUT2D eigenvalue weighted by atomic mass is 10.1. The van der Waals surface area contributed by atoms with Gasteiger partial charge in [0.25, 0.3) is 5.56 Å². The van der Waals surface area contributed by atoms with Crippen LogP contribution in [0.5, 0.6) is 0 Å². The monoisotopic (exact) mass is 290 g/mol. The zero-order valence-corrected chi connectivity index (χ0v) is 12.1. The summed E-state index contributed by atoms with van der Waals surface area (Å²) < 4.78 is 0.727. The van der Waals surface area contributed by atoms with Crippen LogP contribution in [0.3, 0.4) is 0 Å². The highest BCUT2D eigenvalue weighted by Gasteiger charge is 2.29. The average Bonchev–Trinajstić information content (AvgIpc) is 2.99. The predicted octanol–water partition coefficient (Wildman–Crippen LogP) is 1.31. The molecule has 0 radical (unpaired) electrons. The van der Waals surface area contributed by atoms with E-state index < -0.39 is 0 Å². The largest absolute Gasteiger partial charge is 0.310 e. The van der Waals surface area contributed by atoms with E-state index in [2.05, 4.69) is 20.2 Å². The summed E-state index contributed by atoms with van der Waals surface area (Å²) in [4.78, 5) is 21.9. The van der Waals surface area contributed by atoms with Crippen molar-refractivity contribution < 1.29 is 0 Å². The van der Waals surface area contributed by atoms with Gasteiger partial charge >= 0.3 is 0 Å². The molecule has 2 unspecified atom stereocenters. The second-order valence-electron chi connectivity index (χ2n) is 5.81. The van der Waals surface area contributed by atoms with Crippen LogP contribution in [0.1, 0.15) is 25.1 Å². The Kier molecular flexibility index (Phi) is 3.09. The van der Waals surface area contributed by atoms with Gasteiger partial charge in [-0.15, -0.1) is 11.3 Å². The fraction of sp³-hybridized carbons (Fsp3) is 0.571. The fourth-order valence-electron chi connectivity index (χ4n) is 3.37. The Morgan fingerprint density at radius 3 is 3.20 bits per heavy atom. The zero-order valence-electron chi connectivity index (χ0n) is 11.3. The van der Waals surface area contributed by atoms with E-state index in [1.807, 2.05) is 11.4 Å². The molecule has 0 amide bonds. The lowest BCUT2D eigenvalue weighted by molar-refractivity contribution is 0.245. The van der Waals surface area contributed by atoms with Gasteiger partial charge in [-0.05, 0) is 30.7 Å². The molecule has 0 aromatic carbocycles. The number of nitrogens with one attached hydrogen (secondary N) is 2. The van der Waals surface area contributed by atoms with Gasteiger partial charge in [0.2, 0.25) is 0 Å². The fourth-order valence-corrected chi connectivity index (χ4v) is 4.09. The van der Waals surface area contributed by atoms with Crippen LogP contribution in [-0.2, 0) is 6.54 Å². The highest BCUT2D eigenvalue weighted by molar-refractivity contribution is 7.17. The number of rotatable bonds is 2. The van der Waals surface area contributed by atoms with Gasteiger partial charge in [0.05, 0.1) is 12.1 Å². The minimum Gasteiger partial charge on any atom is -0.310 e. The summed E-state index contributed by atoms with van der Waals surface area (Å²) in [6.07, 6.45) is 3.78. The summed E-state index contributed by atoms with van der Waals surface area (Å²) >= 11 is 1.45. The molecule has 4 heterocycles. The molecule has 2 bridgehead atoms. The summed E-state index contributed by atoms with van der Waals surface area (Å²) in [5.74, 6) is 0.790. The molecule has 6 heteroatoms. The van der Waals surface area contributed by atoms with Crippen molar-refractivity contribution in [2.24, 2.45) is 0 Å². The first kappa shape index (κ1) is 12.5. The molecular weight excluding hydrogens is 272 g/mol. The van der Waals surface area contributed by atoms with Crippen molar-refractivity contribution in [1.82, 2.24) is 20.2 Å². The van der Waals surface area contributed by atoms with E-state index in [0.717, 1.165) is 35.7 Å². The normalized spacial score (nSPS) is 27.0. The van der Waals surface area contributed by atoms with Crippen molar-refractivity contribution in [3.05, 3.63) is 27.6 Å². The number of aromatic amines is 1. The predicted molar refractivity (Wildman–Crippen MR) is 80.1 cm³/mol. The van der Waals surface area contributed by atoms with Crippen molar-refractivity contribution in [2.45, 2.75) is 37.9 Å². The van der Waals surface area contributed by atoms with Gasteiger partial charge < -0.3 is 10.3 Å². The molecule has 0 spiro atoms. The third kappa shape index (κ3) is 2.28. The molecular formula is C14H18N4OS. The minimum absolute atomic E-state index is 0.00512. The van der Waals surface area contributed by atoms with E-state index in [1.165, 1.54) is 30.6 Å². The van der Waals surface area contributed by atoms with Gasteiger partial charge in [-0.2, -0.15) is 0 Å². The first-order valence-electron chi connectivity index (χ1n) is 7.23. The third-order valence-corrected chi connectivity index (χ3v) is 5.25. The minimum atomic E-state index is -0.00512. The molecule has 2 aliphatic rings. The number of likely N-dealkylation sites (tertiary alicyclic amines) is 1. The SMILES string of the molecule is O=c1[nH]c(CN2CCC3CCC(C2)N3)nc2ccsc12. The maximum Gasteiger partial charge on any atom is 0.268 e. The molecule has 2 aromatic rings. The summed E-state index contributed by atoms with van der Waals surface area (Å²) in [5, 5.41) is 5.60. The molecule has 2 aliphatic heterocycles. The molecule has 5 nitrogen and oxygen atoms in total. The Morgan fingerprint density at radius 2 is 2.25 bits per heavy atom. The average molecular weight is 290 g/mol. The standard InChI is InChI=1S/C14H18N4OS/c19-14-13-11(4-6-20-13)16-12(17-14)8-18-5-3-9-1-2-10(7-18)15-9/h4,6,9-10,15H,1-3,5,7-8H2,(H,16,17,19). The van der Waals surface area contributed by atoms with Crippen LogP contribution in [0.25, 0.3) is 10.2 Å². The van der Waals surface area contributed by atoms with E-state index in [1.54, 1.807) is 0 Å². The molecule has 106 valence electrons. The van der Waals surface area contributed by atoms with E-state index in [9.17, 15) is 4.79 Å². The van der Waals surface area contributed by atoms with E-state index in [0.29, 0.717) is 12.1 Å². The Hall–Kier alpha value is -1.24. The first-order chi connectivity index (χ1) is 9.78. The summed E-state index contributed by atoms with van der Waals surface area (Å²) in [7, 11) is 0. The topological polar surface area (TPSA) is 61.0 Å². The molecule has 20 heavy (non-hydrogen) atoms. The number of hydrogen-bond acceptors (Lipinski definition) is 5. The second-order valence-corrected chi connectivity index (χ2v) is 6.73. The lowest BCUT2D eigenvalue weighted by Gasteiger charge is -2.23. The number of thiophene rings is 1. The van der Waals surface area contributed by atoms with Gasteiger partial charge in [-0.3, -0.25) is 9.69 Å². The Balaban J connectivity index is 1.56. The van der Waals surface area contributed by atoms with Gasteiger partial charge in [-0.1, -0.05) is 0 Å². The van der Waals surface area contributed by atoms with Crippen LogP contribution in [0.15, 0.2) is 16.2 Å². The zero-order chi connectivity index (χ0) is 13.5. The maximum atomic E-state index is 12.0. The Bertz CT molecular complexity index is 679. The first-order valence-corrected chi connectivity index (χ1v) is 8.11. The van der Waals surface area contributed by atoms with Crippen molar-refractivity contribution in [2.75, 3.05) is 13.1 Å². The molecule has 2 N–H and O–H groups in total. The lowest BCUT2D eigenvalue weighted by Crippen LogP contribution is -2.35. The highest BCUT2D eigenvalue weighted by atomic mass is 32.1. The van der Waals surface area contributed by atoms with Crippen molar-refractivity contribution in [1.29, 1.82) is 0 Å². The second kappa shape index (κ2) is 4.95. The Labute approximate surface area is 121 Å². The third-order valence-electron chi connectivity index (χ3n) is 4.34. The van der Waals surface area contributed by atoms with Gasteiger partial charge in [0, 0.05) is 25.2 Å². The van der Waals surface area contributed by atoms with Crippen LogP contribution in [0, 0.1) is 0 Å². The summed E-state index contributed by atoms with van der Waals surface area (Å²) in [5.41, 5.74) is 0.817. The molecule has 2 fully saturated rings. The molecule has 4 rings (SSSR count). The van der Waals surface area contributed by atoms with Gasteiger partial charge in [-0.25, -0.2) is 4.98 Å². The van der Waals surface area contributed by atoms with Crippen LogP contribution < -0.4 is 10.9 Å². The number of fused-ring (bicyclic) bond motifs is 3. The van der Waals surface area contributed by atoms with Crippen molar-refractivity contribution >= 4 is 21.6 Å². The molecule has 0 saturated carbocycles. The smallest absolute Gasteiger partial charge is 0.268 e. The quantitative estimate of drug-likeness (QED) is 0.875. The maximum absolute atomic E-state index is 12.0. The van der Waals surface area contributed by atoms with Crippen LogP contribution in [-0.4, -0.2) is 40.0 Å². The van der Waals surface area contributed by atoms with Crippen molar-refractivity contribution in [3.63, 3.8) is 0 Å². The van der Waals surface area contributed by atoms with E-state index in [4.69, 9.17) is 0 Å². The van der Waals surface area contributed by atoms with Crippen LogP contribution in [0.4, 0.5) is 0 Å². The van der Waals surface area contributed by atoms with Gasteiger partial charge in [0.15, 0.2) is 0 Å². The molecule has 2 saturated heterocycles. The number of H-pyrrole nitrogens is 1. The Morgan fingerprint density at radius 1 is 1.35 bits per heavy atom.